The quantitative estimate of drug-likeness (QED) is 0.366. The van der Waals surface area contributed by atoms with Crippen LogP contribution >= 0.6 is 24.0 Å². The lowest BCUT2D eigenvalue weighted by Gasteiger charge is -2.36. The first kappa shape index (κ1) is 21.4. The van der Waals surface area contributed by atoms with Gasteiger partial charge in [-0.15, -0.1) is 24.0 Å². The number of nitrogens with one attached hydrogen (secondary N) is 1. The molecule has 0 radical (unpaired) electrons. The van der Waals surface area contributed by atoms with Crippen LogP contribution in [0.5, 0.6) is 0 Å². The molecule has 0 saturated carbocycles. The molecule has 0 bridgehead atoms. The van der Waals surface area contributed by atoms with Crippen molar-refractivity contribution in [2.24, 2.45) is 10.9 Å². The Bertz CT molecular complexity index is 672. The molecule has 148 valence electrons. The zero-order valence-corrected chi connectivity index (χ0v) is 18.3. The topological polar surface area (TPSA) is 91.0 Å². The van der Waals surface area contributed by atoms with Crippen molar-refractivity contribution in [3.8, 4) is 0 Å². The Morgan fingerprint density at radius 3 is 2.73 bits per heavy atom. The molecule has 0 spiro atoms. The van der Waals surface area contributed by atoms with Gasteiger partial charge in [0.25, 0.3) is 0 Å². The molecule has 2 fully saturated rings. The molecule has 2 aliphatic rings. The van der Waals surface area contributed by atoms with Crippen molar-refractivity contribution in [1.29, 1.82) is 0 Å². The predicted molar refractivity (Wildman–Crippen MR) is 112 cm³/mol. The Morgan fingerprint density at radius 2 is 2.15 bits per heavy atom. The van der Waals surface area contributed by atoms with Gasteiger partial charge < -0.3 is 14.7 Å². The third-order valence-corrected chi connectivity index (χ3v) is 6.55. The summed E-state index contributed by atoms with van der Waals surface area (Å²) >= 11 is 0. The van der Waals surface area contributed by atoms with Crippen molar-refractivity contribution >= 4 is 39.8 Å². The minimum absolute atomic E-state index is 0. The van der Waals surface area contributed by atoms with E-state index in [1.165, 1.54) is 0 Å². The van der Waals surface area contributed by atoms with Crippen LogP contribution in [-0.4, -0.2) is 80.1 Å². The van der Waals surface area contributed by atoms with Gasteiger partial charge >= 0.3 is 0 Å². The molecule has 3 rings (SSSR count). The van der Waals surface area contributed by atoms with E-state index in [9.17, 15) is 8.42 Å². The summed E-state index contributed by atoms with van der Waals surface area (Å²) < 4.78 is 28.1. The van der Waals surface area contributed by atoms with Crippen LogP contribution in [0.3, 0.4) is 0 Å². The highest BCUT2D eigenvalue weighted by Gasteiger charge is 2.28. The van der Waals surface area contributed by atoms with Gasteiger partial charge in [0, 0.05) is 51.9 Å². The maximum absolute atomic E-state index is 11.6. The molecule has 1 N–H and O–H groups in total. The van der Waals surface area contributed by atoms with Gasteiger partial charge in [-0.2, -0.15) is 0 Å². The molecule has 1 aromatic rings. The monoisotopic (exact) mass is 497 g/mol. The second-order valence-corrected chi connectivity index (χ2v) is 8.95. The highest BCUT2D eigenvalue weighted by molar-refractivity contribution is 14.0. The van der Waals surface area contributed by atoms with E-state index in [-0.39, 0.29) is 35.6 Å². The average molecular weight is 497 g/mol. The number of piperazine rings is 1. The molecular formula is C16H28IN5O3S. The van der Waals surface area contributed by atoms with Gasteiger partial charge in [0.2, 0.25) is 0 Å². The van der Waals surface area contributed by atoms with E-state index in [2.05, 4.69) is 27.2 Å². The highest BCUT2D eigenvalue weighted by Crippen LogP contribution is 2.18. The van der Waals surface area contributed by atoms with Crippen LogP contribution in [0.25, 0.3) is 0 Å². The van der Waals surface area contributed by atoms with Crippen molar-refractivity contribution in [2.75, 3.05) is 50.8 Å². The number of aromatic nitrogens is 1. The average Bonchev–Trinajstić information content (AvgIpc) is 3.21. The SMILES string of the molecule is CCNC(=NCC1CCS(=O)(=O)C1)N1CCN(Cc2ccon2)CC1.I. The van der Waals surface area contributed by atoms with E-state index in [0.29, 0.717) is 12.3 Å². The Kier molecular flexibility index (Phi) is 8.14. The standard InChI is InChI=1S/C16H27N5O3S.HI/c1-2-17-16(18-11-14-4-10-25(22,23)13-14)21-7-5-20(6-8-21)12-15-3-9-24-19-15;/h3,9,14H,2,4-8,10-13H2,1H3,(H,17,18);1H. The largest absolute Gasteiger partial charge is 0.364 e. The molecule has 3 heterocycles. The minimum Gasteiger partial charge on any atom is -0.364 e. The second-order valence-electron chi connectivity index (χ2n) is 6.72. The highest BCUT2D eigenvalue weighted by atomic mass is 127. The van der Waals surface area contributed by atoms with Crippen molar-refractivity contribution in [2.45, 2.75) is 19.9 Å². The summed E-state index contributed by atoms with van der Waals surface area (Å²) in [7, 11) is -2.84. The molecule has 10 heteroatoms. The van der Waals surface area contributed by atoms with E-state index in [1.807, 2.05) is 6.07 Å². The van der Waals surface area contributed by atoms with Gasteiger partial charge in [-0.3, -0.25) is 9.89 Å². The molecule has 2 saturated heterocycles. The van der Waals surface area contributed by atoms with E-state index in [1.54, 1.807) is 6.26 Å². The summed E-state index contributed by atoms with van der Waals surface area (Å²) in [6, 6.07) is 1.90. The number of hydrogen-bond donors (Lipinski definition) is 1. The fourth-order valence-corrected chi connectivity index (χ4v) is 5.17. The first-order chi connectivity index (χ1) is 12.1. The molecule has 0 amide bonds. The second kappa shape index (κ2) is 9.88. The zero-order valence-electron chi connectivity index (χ0n) is 15.1. The summed E-state index contributed by atoms with van der Waals surface area (Å²) in [5, 5.41) is 7.30. The molecule has 26 heavy (non-hydrogen) atoms. The number of rotatable bonds is 5. The van der Waals surface area contributed by atoms with E-state index >= 15 is 0 Å². The van der Waals surface area contributed by atoms with Gasteiger partial charge in [-0.1, -0.05) is 5.16 Å². The Balaban J connectivity index is 0.00000243. The van der Waals surface area contributed by atoms with Gasteiger partial charge in [-0.25, -0.2) is 8.42 Å². The number of guanidine groups is 1. The van der Waals surface area contributed by atoms with E-state index in [0.717, 1.165) is 57.3 Å². The van der Waals surface area contributed by atoms with Gasteiger partial charge in [0.1, 0.15) is 6.26 Å². The van der Waals surface area contributed by atoms with Crippen molar-refractivity contribution in [1.82, 2.24) is 20.3 Å². The van der Waals surface area contributed by atoms with E-state index in [4.69, 9.17) is 9.52 Å². The molecular weight excluding hydrogens is 469 g/mol. The number of aliphatic imine (C=N–C) groups is 1. The molecule has 0 aliphatic carbocycles. The Morgan fingerprint density at radius 1 is 1.38 bits per heavy atom. The summed E-state index contributed by atoms with van der Waals surface area (Å²) in [4.78, 5) is 9.31. The fourth-order valence-electron chi connectivity index (χ4n) is 3.32. The van der Waals surface area contributed by atoms with Gasteiger partial charge in [0.05, 0.1) is 17.2 Å². The summed E-state index contributed by atoms with van der Waals surface area (Å²) in [5.41, 5.74) is 0.955. The minimum atomic E-state index is -2.84. The van der Waals surface area contributed by atoms with Crippen LogP contribution in [0, 0.1) is 5.92 Å². The summed E-state index contributed by atoms with van der Waals surface area (Å²) in [5.74, 6) is 1.64. The first-order valence-electron chi connectivity index (χ1n) is 8.91. The third kappa shape index (κ3) is 6.08. The maximum atomic E-state index is 11.6. The van der Waals surface area contributed by atoms with Crippen LogP contribution in [-0.2, 0) is 16.4 Å². The van der Waals surface area contributed by atoms with Crippen LogP contribution in [0.4, 0.5) is 0 Å². The fraction of sp³-hybridized carbons (Fsp3) is 0.750. The third-order valence-electron chi connectivity index (χ3n) is 4.71. The molecule has 1 unspecified atom stereocenters. The lowest BCUT2D eigenvalue weighted by atomic mass is 10.1. The normalized spacial score (nSPS) is 23.7. The molecule has 1 aromatic heterocycles. The van der Waals surface area contributed by atoms with Gasteiger partial charge in [0.15, 0.2) is 15.8 Å². The Labute approximate surface area is 172 Å². The van der Waals surface area contributed by atoms with Crippen LogP contribution in [0.1, 0.15) is 19.0 Å². The number of sulfone groups is 1. The number of halogens is 1. The first-order valence-corrected chi connectivity index (χ1v) is 10.7. The summed E-state index contributed by atoms with van der Waals surface area (Å²) in [6.45, 7) is 7.92. The molecule has 8 nitrogen and oxygen atoms in total. The van der Waals surface area contributed by atoms with Crippen LogP contribution < -0.4 is 5.32 Å². The lowest BCUT2D eigenvalue weighted by molar-refractivity contribution is 0.169. The maximum Gasteiger partial charge on any atom is 0.194 e. The smallest absolute Gasteiger partial charge is 0.194 e. The molecule has 2 aliphatic heterocycles. The van der Waals surface area contributed by atoms with E-state index < -0.39 is 9.84 Å². The number of hydrogen-bond acceptors (Lipinski definition) is 6. The summed E-state index contributed by atoms with van der Waals surface area (Å²) in [6.07, 6.45) is 2.33. The van der Waals surface area contributed by atoms with Crippen LogP contribution in [0.15, 0.2) is 21.8 Å². The molecule has 1 atom stereocenters. The van der Waals surface area contributed by atoms with Crippen molar-refractivity contribution in [3.05, 3.63) is 18.0 Å². The zero-order chi connectivity index (χ0) is 17.7. The Hall–Kier alpha value is -0.880. The number of nitrogens with zero attached hydrogens (tertiary/aromatic N) is 4. The lowest BCUT2D eigenvalue weighted by Crippen LogP contribution is -2.52. The van der Waals surface area contributed by atoms with Crippen molar-refractivity contribution in [3.63, 3.8) is 0 Å². The predicted octanol–water partition coefficient (Wildman–Crippen LogP) is 0.810. The van der Waals surface area contributed by atoms with Gasteiger partial charge in [-0.05, 0) is 19.3 Å². The van der Waals surface area contributed by atoms with Crippen LogP contribution in [0.2, 0.25) is 0 Å². The molecule has 0 aromatic carbocycles. The van der Waals surface area contributed by atoms with Crippen molar-refractivity contribution < 1.29 is 12.9 Å².